The zero-order chi connectivity index (χ0) is 32.1. The van der Waals surface area contributed by atoms with Crippen LogP contribution in [-0.4, -0.2) is 50.2 Å². The molecule has 0 spiro atoms. The average Bonchev–Trinajstić information content (AvgIpc) is 3.33. The van der Waals surface area contributed by atoms with Gasteiger partial charge in [0.05, 0.1) is 16.0 Å². The zero-order valence-corrected chi connectivity index (χ0v) is 22.4. The predicted octanol–water partition coefficient (Wildman–Crippen LogP) is 7.12. The lowest BCUT2D eigenvalue weighted by Crippen LogP contribution is -2.40. The molecule has 17 heteroatoms. The number of rotatable bonds is 7. The van der Waals surface area contributed by atoms with E-state index in [0.29, 0.717) is 17.3 Å². The van der Waals surface area contributed by atoms with E-state index in [2.05, 4.69) is 20.6 Å². The number of hydrogen-bond donors (Lipinski definition) is 4. The summed E-state index contributed by atoms with van der Waals surface area (Å²) in [5.74, 6) is -5.04. The number of aromatic nitrogens is 2. The summed E-state index contributed by atoms with van der Waals surface area (Å²) in [6.45, 7) is 1.65. The number of halogens is 7. The van der Waals surface area contributed by atoms with E-state index in [-0.39, 0.29) is 40.6 Å². The molecule has 4 rings (SSSR count). The maximum atomic E-state index is 14.8. The number of alkyl halides is 6. The van der Waals surface area contributed by atoms with Crippen LogP contribution >= 0.6 is 11.3 Å². The fraction of sp³-hybridized carbons (Fsp3) is 0.222. The number of anilines is 2. The Labute approximate surface area is 248 Å². The number of carboxylic acid groups (broad SMARTS) is 2. The number of carboxylic acids is 2. The summed E-state index contributed by atoms with van der Waals surface area (Å²) in [4.78, 5) is 40.1. The van der Waals surface area contributed by atoms with E-state index < -0.39 is 47.6 Å². The van der Waals surface area contributed by atoms with Crippen molar-refractivity contribution in [3.63, 3.8) is 0 Å². The summed E-state index contributed by atoms with van der Waals surface area (Å²) in [6.07, 6.45) is -8.68. The third-order valence-electron chi connectivity index (χ3n) is 5.52. The van der Waals surface area contributed by atoms with Crippen LogP contribution in [0.3, 0.4) is 0 Å². The number of benzene rings is 2. The minimum absolute atomic E-state index is 0. The van der Waals surface area contributed by atoms with Gasteiger partial charge in [-0.2, -0.15) is 31.3 Å². The minimum Gasteiger partial charge on any atom is -0.480 e. The van der Waals surface area contributed by atoms with Gasteiger partial charge in [0, 0.05) is 11.8 Å². The van der Waals surface area contributed by atoms with Crippen LogP contribution in [0.25, 0.3) is 21.5 Å². The van der Waals surface area contributed by atoms with E-state index in [1.807, 2.05) is 0 Å². The van der Waals surface area contributed by atoms with Crippen molar-refractivity contribution < 1.29 is 55.3 Å². The molecule has 2 aromatic heterocycles. The second-order valence-corrected chi connectivity index (χ2v) is 9.57. The van der Waals surface area contributed by atoms with Gasteiger partial charge in [0.25, 0.3) is 5.91 Å². The zero-order valence-electron chi connectivity index (χ0n) is 21.5. The summed E-state index contributed by atoms with van der Waals surface area (Å²) in [5.41, 5.74) is 0.690. The van der Waals surface area contributed by atoms with Crippen LogP contribution in [0.1, 0.15) is 36.7 Å². The lowest BCUT2D eigenvalue weighted by Gasteiger charge is -2.12. The van der Waals surface area contributed by atoms with Gasteiger partial charge in [-0.05, 0) is 47.9 Å². The van der Waals surface area contributed by atoms with Crippen LogP contribution in [0.4, 0.5) is 41.6 Å². The van der Waals surface area contributed by atoms with Crippen molar-refractivity contribution in [1.29, 1.82) is 0 Å². The van der Waals surface area contributed by atoms with Crippen molar-refractivity contribution in [2.24, 2.45) is 0 Å². The first-order valence-electron chi connectivity index (χ1n) is 11.8. The quantitative estimate of drug-likeness (QED) is 0.155. The molecule has 0 radical (unpaired) electrons. The fourth-order valence-corrected chi connectivity index (χ4v) is 4.21. The molecule has 1 amide bonds. The maximum Gasteiger partial charge on any atom is 0.490 e. The third-order valence-corrected chi connectivity index (χ3v) is 6.43. The number of pyridine rings is 1. The van der Waals surface area contributed by atoms with E-state index >= 15 is 0 Å². The highest BCUT2D eigenvalue weighted by Crippen LogP contribution is 2.34. The van der Waals surface area contributed by atoms with Crippen molar-refractivity contribution in [2.45, 2.75) is 39.2 Å². The Bertz CT molecular complexity index is 1640. The molecule has 0 saturated carbocycles. The van der Waals surface area contributed by atoms with Gasteiger partial charge >= 0.3 is 24.3 Å². The Hall–Kier alpha value is -4.80. The van der Waals surface area contributed by atoms with Crippen LogP contribution in [0.15, 0.2) is 54.7 Å². The molecule has 4 aromatic rings. The van der Waals surface area contributed by atoms with Crippen molar-refractivity contribution in [1.82, 2.24) is 15.3 Å². The number of fused-ring (bicyclic) bond motifs is 1. The molecule has 0 aliphatic heterocycles. The molecule has 2 aromatic carbocycles. The molecule has 9 nitrogen and oxygen atoms in total. The van der Waals surface area contributed by atoms with E-state index in [1.165, 1.54) is 24.3 Å². The third kappa shape index (κ3) is 9.10. The summed E-state index contributed by atoms with van der Waals surface area (Å²) >= 11 is 0.917. The molecule has 236 valence electrons. The van der Waals surface area contributed by atoms with Crippen molar-refractivity contribution in [2.75, 3.05) is 5.32 Å². The molecule has 2 heterocycles. The molecule has 44 heavy (non-hydrogen) atoms. The number of hydrogen-bond acceptors (Lipinski definition) is 7. The summed E-state index contributed by atoms with van der Waals surface area (Å²) in [7, 11) is 0. The number of aliphatic carboxylic acids is 2. The highest BCUT2D eigenvalue weighted by Gasteiger charge is 2.38. The predicted molar refractivity (Wildman–Crippen MR) is 147 cm³/mol. The van der Waals surface area contributed by atoms with Crippen molar-refractivity contribution in [3.05, 3.63) is 71.7 Å². The van der Waals surface area contributed by atoms with Crippen LogP contribution < -0.4 is 10.6 Å². The number of thiazole rings is 1. The lowest BCUT2D eigenvalue weighted by molar-refractivity contribution is -0.192. The maximum absolute atomic E-state index is 14.8. The molecular weight excluding hydrogens is 625 g/mol. The molecular formula is C27H23F7N4O5S. The van der Waals surface area contributed by atoms with Gasteiger partial charge in [-0.15, -0.1) is 0 Å². The molecule has 0 bridgehead atoms. The van der Waals surface area contributed by atoms with Gasteiger partial charge in [0.15, 0.2) is 10.8 Å². The number of carbonyl (C=O) groups is 3. The number of nitrogens with one attached hydrogen (secondary N) is 2. The van der Waals surface area contributed by atoms with Crippen LogP contribution in [0, 0.1) is 5.82 Å². The number of amides is 1. The monoisotopic (exact) mass is 648 g/mol. The smallest absolute Gasteiger partial charge is 0.480 e. The van der Waals surface area contributed by atoms with Gasteiger partial charge in [0.2, 0.25) is 0 Å². The Kier molecular flexibility index (Phi) is 11.4. The lowest BCUT2D eigenvalue weighted by atomic mass is 10.0. The first kappa shape index (κ1) is 35.4. The van der Waals surface area contributed by atoms with E-state index in [0.717, 1.165) is 17.4 Å². The van der Waals surface area contributed by atoms with Crippen LogP contribution in [0.2, 0.25) is 0 Å². The summed E-state index contributed by atoms with van der Waals surface area (Å²) in [6, 6.07) is 10.5. The Morgan fingerprint density at radius 2 is 1.55 bits per heavy atom. The topological polar surface area (TPSA) is 142 Å². The van der Waals surface area contributed by atoms with Crippen LogP contribution in [0.5, 0.6) is 0 Å². The second kappa shape index (κ2) is 14.1. The van der Waals surface area contributed by atoms with E-state index in [4.69, 9.17) is 15.0 Å². The average molecular weight is 649 g/mol. The van der Waals surface area contributed by atoms with Crippen molar-refractivity contribution in [3.8, 4) is 11.1 Å². The van der Waals surface area contributed by atoms with Gasteiger partial charge in [-0.3, -0.25) is 4.79 Å². The van der Waals surface area contributed by atoms with Gasteiger partial charge < -0.3 is 20.8 Å². The van der Waals surface area contributed by atoms with E-state index in [9.17, 15) is 40.3 Å². The van der Waals surface area contributed by atoms with Gasteiger partial charge in [0.1, 0.15) is 11.9 Å². The molecule has 0 saturated heterocycles. The summed E-state index contributed by atoms with van der Waals surface area (Å²) < 4.78 is 85.4. The SMILES string of the molecule is C.CC[C@H](NC(=O)c1ccc(-c2ccc(Nc3nc4ncc(C(F)(F)F)cc4s3)c(F)c2)cc1)C(=O)O.O=C(O)C(F)(F)F. The van der Waals surface area contributed by atoms with Crippen LogP contribution in [-0.2, 0) is 15.8 Å². The minimum atomic E-state index is -5.08. The van der Waals surface area contributed by atoms with E-state index in [1.54, 1.807) is 25.1 Å². The molecule has 4 N–H and O–H groups in total. The molecule has 0 unspecified atom stereocenters. The van der Waals surface area contributed by atoms with Gasteiger partial charge in [-0.25, -0.2) is 19.0 Å². The largest absolute Gasteiger partial charge is 0.490 e. The first-order chi connectivity index (χ1) is 20.0. The normalized spacial score (nSPS) is 11.9. The highest BCUT2D eigenvalue weighted by atomic mass is 32.1. The Morgan fingerprint density at radius 1 is 0.955 bits per heavy atom. The molecule has 0 fully saturated rings. The highest BCUT2D eigenvalue weighted by molar-refractivity contribution is 7.22. The number of carbonyl (C=O) groups excluding carboxylic acids is 1. The van der Waals surface area contributed by atoms with Crippen molar-refractivity contribution >= 4 is 50.3 Å². The fourth-order valence-electron chi connectivity index (χ4n) is 3.33. The number of nitrogens with zero attached hydrogens (tertiary/aromatic N) is 2. The second-order valence-electron chi connectivity index (χ2n) is 8.53. The standard InChI is InChI=1S/C24H18F4N4O3S.C2HF3O2.CH4/c1-2-17(22(34)35)30-21(33)13-5-3-12(4-6-13)14-7-8-18(16(25)9-14)31-23-32-20-19(36-23)10-15(11-29-20)24(26,27)28;3-2(4,5)1(6)7;/h3-11,17H,2H2,1H3,(H,30,33)(H,34,35)(H,29,31,32);(H,6,7);1H4/t17-;;/m0../s1. The molecule has 0 aliphatic carbocycles. The summed E-state index contributed by atoms with van der Waals surface area (Å²) in [5, 5.41) is 21.6. The molecule has 0 aliphatic rings. The first-order valence-corrected chi connectivity index (χ1v) is 12.7. The Balaban J connectivity index is 0.000000756. The Morgan fingerprint density at radius 3 is 2.05 bits per heavy atom. The van der Waals surface area contributed by atoms with Gasteiger partial charge in [-0.1, -0.05) is 43.9 Å². The molecule has 1 atom stereocenters.